The standard InChI is InChI=1S/C19H33N5O/c1-3-23-13-14-25-16(15-23)17-20-21-18(22(17)2)24-11-9-19(10-12-24)7-5-4-6-8-19/h16H,3-15H2,1-2H3. The van der Waals surface area contributed by atoms with Gasteiger partial charge in [0.2, 0.25) is 5.95 Å². The van der Waals surface area contributed by atoms with Crippen molar-refractivity contribution in [3.63, 3.8) is 0 Å². The second kappa shape index (κ2) is 7.23. The van der Waals surface area contributed by atoms with Crippen LogP contribution in [0.3, 0.4) is 0 Å². The Balaban J connectivity index is 1.43. The molecule has 1 aromatic heterocycles. The molecule has 0 aromatic carbocycles. The van der Waals surface area contributed by atoms with Crippen LogP contribution >= 0.6 is 0 Å². The molecule has 0 radical (unpaired) electrons. The zero-order valence-electron chi connectivity index (χ0n) is 15.9. The molecule has 3 fully saturated rings. The molecule has 2 aliphatic heterocycles. The van der Waals surface area contributed by atoms with E-state index in [1.165, 1.54) is 44.9 Å². The summed E-state index contributed by atoms with van der Waals surface area (Å²) in [5, 5.41) is 9.05. The van der Waals surface area contributed by atoms with Gasteiger partial charge >= 0.3 is 0 Å². The van der Waals surface area contributed by atoms with E-state index >= 15 is 0 Å². The Morgan fingerprint density at radius 3 is 2.52 bits per heavy atom. The van der Waals surface area contributed by atoms with Crippen LogP contribution in [0.1, 0.15) is 63.8 Å². The van der Waals surface area contributed by atoms with Gasteiger partial charge in [0.1, 0.15) is 6.10 Å². The molecule has 0 bridgehead atoms. The lowest BCUT2D eigenvalue weighted by Gasteiger charge is -2.44. The number of rotatable bonds is 3. The molecule has 0 amide bonds. The van der Waals surface area contributed by atoms with E-state index in [0.717, 1.165) is 51.1 Å². The van der Waals surface area contributed by atoms with Crippen LogP contribution in [-0.2, 0) is 11.8 Å². The number of hydrogen-bond donors (Lipinski definition) is 0. The summed E-state index contributed by atoms with van der Waals surface area (Å²) in [5.41, 5.74) is 0.629. The third kappa shape index (κ3) is 3.43. The minimum atomic E-state index is 0.0504. The Labute approximate surface area is 151 Å². The summed E-state index contributed by atoms with van der Waals surface area (Å²) in [4.78, 5) is 4.87. The van der Waals surface area contributed by atoms with Crippen LogP contribution in [0.15, 0.2) is 0 Å². The highest BCUT2D eigenvalue weighted by atomic mass is 16.5. The molecule has 4 rings (SSSR count). The highest BCUT2D eigenvalue weighted by Gasteiger charge is 2.37. The van der Waals surface area contributed by atoms with E-state index in [4.69, 9.17) is 4.74 Å². The van der Waals surface area contributed by atoms with E-state index in [-0.39, 0.29) is 6.10 Å². The summed E-state index contributed by atoms with van der Waals surface area (Å²) >= 11 is 0. The van der Waals surface area contributed by atoms with Crippen molar-refractivity contribution in [3.05, 3.63) is 5.82 Å². The third-order valence-electron chi connectivity index (χ3n) is 6.79. The summed E-state index contributed by atoms with van der Waals surface area (Å²) in [6, 6.07) is 0. The van der Waals surface area contributed by atoms with Gasteiger partial charge in [-0.2, -0.15) is 0 Å². The molecule has 25 heavy (non-hydrogen) atoms. The smallest absolute Gasteiger partial charge is 0.227 e. The third-order valence-corrected chi connectivity index (χ3v) is 6.79. The largest absolute Gasteiger partial charge is 0.368 e. The minimum absolute atomic E-state index is 0.0504. The van der Waals surface area contributed by atoms with Crippen LogP contribution in [-0.4, -0.2) is 59.0 Å². The van der Waals surface area contributed by atoms with E-state index in [0.29, 0.717) is 5.41 Å². The van der Waals surface area contributed by atoms with Crippen molar-refractivity contribution in [2.75, 3.05) is 44.2 Å². The molecule has 1 aliphatic carbocycles. The zero-order valence-corrected chi connectivity index (χ0v) is 15.9. The predicted octanol–water partition coefficient (Wildman–Crippen LogP) is 2.76. The molecule has 1 spiro atoms. The molecule has 6 heteroatoms. The number of hydrogen-bond acceptors (Lipinski definition) is 5. The van der Waals surface area contributed by atoms with E-state index in [1.807, 2.05) is 0 Å². The van der Waals surface area contributed by atoms with Crippen LogP contribution in [0.25, 0.3) is 0 Å². The van der Waals surface area contributed by atoms with Gasteiger partial charge in [0, 0.05) is 33.2 Å². The second-order valence-corrected chi connectivity index (χ2v) is 8.22. The second-order valence-electron chi connectivity index (χ2n) is 8.22. The fraction of sp³-hybridized carbons (Fsp3) is 0.895. The Bertz CT molecular complexity index is 570. The maximum absolute atomic E-state index is 5.98. The van der Waals surface area contributed by atoms with E-state index < -0.39 is 0 Å². The Morgan fingerprint density at radius 1 is 1.04 bits per heavy atom. The number of ether oxygens (including phenoxy) is 1. The van der Waals surface area contributed by atoms with Crippen LogP contribution in [0.2, 0.25) is 0 Å². The van der Waals surface area contributed by atoms with Crippen molar-refractivity contribution in [2.24, 2.45) is 12.5 Å². The predicted molar refractivity (Wildman–Crippen MR) is 98.8 cm³/mol. The lowest BCUT2D eigenvalue weighted by atomic mass is 9.68. The van der Waals surface area contributed by atoms with E-state index in [2.05, 4.69) is 38.5 Å². The Kier molecular flexibility index (Phi) is 5.00. The highest BCUT2D eigenvalue weighted by molar-refractivity contribution is 5.32. The summed E-state index contributed by atoms with van der Waals surface area (Å²) in [5.74, 6) is 2.00. The number of anilines is 1. The number of aromatic nitrogens is 3. The number of likely N-dealkylation sites (N-methyl/N-ethyl adjacent to an activating group) is 1. The average Bonchev–Trinajstić information content (AvgIpc) is 3.05. The summed E-state index contributed by atoms with van der Waals surface area (Å²) in [7, 11) is 2.10. The maximum atomic E-state index is 5.98. The first kappa shape index (κ1) is 17.3. The summed E-state index contributed by atoms with van der Waals surface area (Å²) in [6.45, 7) is 8.25. The van der Waals surface area contributed by atoms with Gasteiger partial charge in [0.15, 0.2) is 5.82 Å². The normalized spacial score (nSPS) is 27.8. The van der Waals surface area contributed by atoms with Crippen molar-refractivity contribution in [3.8, 4) is 0 Å². The van der Waals surface area contributed by atoms with Crippen molar-refractivity contribution in [1.29, 1.82) is 0 Å². The maximum Gasteiger partial charge on any atom is 0.227 e. The monoisotopic (exact) mass is 347 g/mol. The molecular weight excluding hydrogens is 314 g/mol. The fourth-order valence-corrected chi connectivity index (χ4v) is 5.02. The molecule has 2 saturated heterocycles. The molecule has 1 atom stereocenters. The van der Waals surface area contributed by atoms with Crippen LogP contribution < -0.4 is 4.90 Å². The number of nitrogens with zero attached hydrogens (tertiary/aromatic N) is 5. The zero-order chi connectivity index (χ0) is 17.3. The lowest BCUT2D eigenvalue weighted by Crippen LogP contribution is -2.42. The lowest BCUT2D eigenvalue weighted by molar-refractivity contribution is -0.0339. The van der Waals surface area contributed by atoms with Crippen molar-refractivity contribution in [1.82, 2.24) is 19.7 Å². The van der Waals surface area contributed by atoms with E-state index in [1.54, 1.807) is 0 Å². The van der Waals surface area contributed by atoms with Crippen molar-refractivity contribution < 1.29 is 4.74 Å². The molecule has 3 heterocycles. The molecule has 6 nitrogen and oxygen atoms in total. The van der Waals surface area contributed by atoms with Gasteiger partial charge in [-0.05, 0) is 37.6 Å². The van der Waals surface area contributed by atoms with Gasteiger partial charge in [-0.25, -0.2) is 0 Å². The fourth-order valence-electron chi connectivity index (χ4n) is 5.02. The minimum Gasteiger partial charge on any atom is -0.368 e. The molecule has 140 valence electrons. The van der Waals surface area contributed by atoms with Crippen molar-refractivity contribution in [2.45, 2.75) is 58.0 Å². The number of piperidine rings is 1. The Hall–Kier alpha value is -1.14. The molecule has 1 saturated carbocycles. The van der Waals surface area contributed by atoms with Crippen LogP contribution in [0.4, 0.5) is 5.95 Å². The molecular formula is C19H33N5O. The van der Waals surface area contributed by atoms with Crippen molar-refractivity contribution >= 4 is 5.95 Å². The van der Waals surface area contributed by atoms with Crippen LogP contribution in [0.5, 0.6) is 0 Å². The Morgan fingerprint density at radius 2 is 1.80 bits per heavy atom. The van der Waals surface area contributed by atoms with Gasteiger partial charge in [0.25, 0.3) is 0 Å². The summed E-state index contributed by atoms with van der Waals surface area (Å²) in [6.07, 6.45) is 9.87. The molecule has 1 aromatic rings. The average molecular weight is 348 g/mol. The van der Waals surface area contributed by atoms with Gasteiger partial charge in [0.05, 0.1) is 6.61 Å². The first-order chi connectivity index (χ1) is 12.2. The first-order valence-corrected chi connectivity index (χ1v) is 10.2. The summed E-state index contributed by atoms with van der Waals surface area (Å²) < 4.78 is 8.15. The van der Waals surface area contributed by atoms with E-state index in [9.17, 15) is 0 Å². The van der Waals surface area contributed by atoms with Gasteiger partial charge in [-0.1, -0.05) is 26.2 Å². The molecule has 3 aliphatic rings. The number of morpholine rings is 1. The van der Waals surface area contributed by atoms with Gasteiger partial charge in [-0.3, -0.25) is 9.47 Å². The SMILES string of the molecule is CCN1CCOC(c2nnc(N3CCC4(CCCCC4)CC3)n2C)C1. The quantitative estimate of drug-likeness (QED) is 0.841. The topological polar surface area (TPSA) is 46.4 Å². The highest BCUT2D eigenvalue weighted by Crippen LogP contribution is 2.45. The van der Waals surface area contributed by atoms with Gasteiger partial charge in [-0.15, -0.1) is 10.2 Å². The molecule has 0 N–H and O–H groups in total. The first-order valence-electron chi connectivity index (χ1n) is 10.2. The van der Waals surface area contributed by atoms with Crippen LogP contribution in [0, 0.1) is 5.41 Å². The van der Waals surface area contributed by atoms with Gasteiger partial charge < -0.3 is 9.64 Å². The molecule has 1 unspecified atom stereocenters.